The quantitative estimate of drug-likeness (QED) is 0.456. The van der Waals surface area contributed by atoms with E-state index in [0.717, 1.165) is 5.56 Å². The van der Waals surface area contributed by atoms with Crippen molar-refractivity contribution in [2.75, 3.05) is 6.54 Å². The van der Waals surface area contributed by atoms with Gasteiger partial charge in [0.15, 0.2) is 0 Å². The lowest BCUT2D eigenvalue weighted by atomic mass is 10.2. The van der Waals surface area contributed by atoms with Gasteiger partial charge in [0.05, 0.1) is 0 Å². The Hall–Kier alpha value is -2.07. The number of nitrogens with one attached hydrogen (secondary N) is 1. The van der Waals surface area contributed by atoms with Crippen molar-refractivity contribution in [1.82, 2.24) is 5.32 Å². The Labute approximate surface area is 85.5 Å². The Morgan fingerprint density at radius 2 is 2.13 bits per heavy atom. The first-order chi connectivity index (χ1) is 7.22. The predicted octanol–water partition coefficient (Wildman–Crippen LogP) is 1.75. The number of rotatable bonds is 4. The van der Waals surface area contributed by atoms with Crippen LogP contribution in [0.3, 0.4) is 0 Å². The van der Waals surface area contributed by atoms with E-state index in [4.69, 9.17) is 5.53 Å². The van der Waals surface area contributed by atoms with E-state index in [9.17, 15) is 9.18 Å². The lowest BCUT2D eigenvalue weighted by Crippen LogP contribution is -2.24. The fraction of sp³-hybridized carbons (Fsp3) is 0.222. The summed E-state index contributed by atoms with van der Waals surface area (Å²) in [7, 11) is 0. The van der Waals surface area contributed by atoms with Gasteiger partial charge in [-0.05, 0) is 23.2 Å². The smallest absolute Gasteiger partial charge is 0.226 e. The molecule has 5 nitrogen and oxygen atoms in total. The van der Waals surface area contributed by atoms with E-state index in [0.29, 0.717) is 6.54 Å². The summed E-state index contributed by atoms with van der Waals surface area (Å²) in [5.74, 6) is -0.684. The second kappa shape index (κ2) is 5.62. The van der Waals surface area contributed by atoms with Crippen molar-refractivity contribution in [2.24, 2.45) is 5.11 Å². The average molecular weight is 208 g/mol. The number of nitrogens with zero attached hydrogens (tertiary/aromatic N) is 3. The highest BCUT2D eigenvalue weighted by molar-refractivity contribution is 5.78. The molecule has 0 heterocycles. The van der Waals surface area contributed by atoms with Gasteiger partial charge >= 0.3 is 0 Å². The van der Waals surface area contributed by atoms with Gasteiger partial charge in [0, 0.05) is 11.5 Å². The van der Waals surface area contributed by atoms with Gasteiger partial charge in [-0.3, -0.25) is 4.79 Å². The number of halogens is 1. The highest BCUT2D eigenvalue weighted by atomic mass is 19.1. The number of amides is 1. The molecule has 1 aromatic rings. The molecule has 0 fully saturated rings. The van der Waals surface area contributed by atoms with Crippen molar-refractivity contribution in [1.29, 1.82) is 0 Å². The van der Waals surface area contributed by atoms with E-state index in [-0.39, 0.29) is 18.3 Å². The fourth-order valence-electron chi connectivity index (χ4n) is 0.955. The molecule has 15 heavy (non-hydrogen) atoms. The third-order valence-electron chi connectivity index (χ3n) is 1.68. The Kier molecular flexibility index (Phi) is 4.12. The van der Waals surface area contributed by atoms with Gasteiger partial charge in [0.25, 0.3) is 0 Å². The lowest BCUT2D eigenvalue weighted by molar-refractivity contribution is -0.119. The zero-order valence-electron chi connectivity index (χ0n) is 7.85. The van der Waals surface area contributed by atoms with E-state index in [2.05, 4.69) is 15.3 Å². The molecular weight excluding hydrogens is 199 g/mol. The average Bonchev–Trinajstić information content (AvgIpc) is 2.25. The normalized spacial score (nSPS) is 9.13. The Morgan fingerprint density at radius 3 is 2.73 bits per heavy atom. The van der Waals surface area contributed by atoms with Gasteiger partial charge in [0.1, 0.15) is 12.4 Å². The zero-order valence-corrected chi connectivity index (χ0v) is 7.85. The van der Waals surface area contributed by atoms with Gasteiger partial charge in [-0.1, -0.05) is 17.2 Å². The van der Waals surface area contributed by atoms with Crippen LogP contribution in [0.1, 0.15) is 5.56 Å². The van der Waals surface area contributed by atoms with Gasteiger partial charge in [0.2, 0.25) is 5.91 Å². The molecule has 0 unspecified atom stereocenters. The molecule has 1 N–H and O–H groups in total. The molecule has 0 atom stereocenters. The number of carbonyl (C=O) groups is 1. The summed E-state index contributed by atoms with van der Waals surface area (Å²) in [6, 6.07) is 5.77. The highest BCUT2D eigenvalue weighted by Crippen LogP contribution is 2.01. The van der Waals surface area contributed by atoms with Gasteiger partial charge in [-0.2, -0.15) is 0 Å². The van der Waals surface area contributed by atoms with Crippen LogP contribution in [0.4, 0.5) is 4.39 Å². The molecule has 1 rings (SSSR count). The summed E-state index contributed by atoms with van der Waals surface area (Å²) in [5.41, 5.74) is 8.75. The van der Waals surface area contributed by atoms with Crippen molar-refractivity contribution in [2.45, 2.75) is 6.54 Å². The molecule has 0 aliphatic heterocycles. The molecule has 0 bridgehead atoms. The van der Waals surface area contributed by atoms with Crippen LogP contribution < -0.4 is 5.32 Å². The summed E-state index contributed by atoms with van der Waals surface area (Å²) < 4.78 is 12.5. The number of azide groups is 1. The third-order valence-corrected chi connectivity index (χ3v) is 1.68. The van der Waals surface area contributed by atoms with Crippen LogP contribution in [-0.2, 0) is 11.3 Å². The monoisotopic (exact) mass is 208 g/mol. The van der Waals surface area contributed by atoms with E-state index in [1.165, 1.54) is 12.1 Å². The minimum atomic E-state index is -0.364. The van der Waals surface area contributed by atoms with Crippen LogP contribution in [0.2, 0.25) is 0 Å². The minimum Gasteiger partial charge on any atom is -0.352 e. The maximum absolute atomic E-state index is 12.5. The first-order valence-electron chi connectivity index (χ1n) is 4.24. The molecule has 1 amide bonds. The summed E-state index contributed by atoms with van der Waals surface area (Å²) in [6.45, 7) is 0.0672. The van der Waals surface area contributed by atoms with E-state index in [1.807, 2.05) is 0 Å². The van der Waals surface area contributed by atoms with Crippen LogP contribution in [0.25, 0.3) is 10.4 Å². The van der Waals surface area contributed by atoms with E-state index >= 15 is 0 Å². The minimum absolute atomic E-state index is 0.225. The molecule has 0 aliphatic carbocycles. The molecule has 0 aromatic heterocycles. The molecular formula is C9H9FN4O. The van der Waals surface area contributed by atoms with Crippen molar-refractivity contribution >= 4 is 5.91 Å². The first-order valence-corrected chi connectivity index (χ1v) is 4.24. The molecule has 0 radical (unpaired) electrons. The Morgan fingerprint density at radius 1 is 1.47 bits per heavy atom. The number of benzene rings is 1. The van der Waals surface area contributed by atoms with Gasteiger partial charge < -0.3 is 5.32 Å². The first kappa shape index (κ1) is 11.0. The van der Waals surface area contributed by atoms with E-state index < -0.39 is 0 Å². The van der Waals surface area contributed by atoms with Crippen molar-refractivity contribution in [3.63, 3.8) is 0 Å². The molecule has 0 aliphatic rings. The number of carbonyl (C=O) groups excluding carboxylic acids is 1. The molecule has 0 saturated heterocycles. The van der Waals surface area contributed by atoms with Gasteiger partial charge in [-0.25, -0.2) is 4.39 Å². The molecule has 6 heteroatoms. The summed E-state index contributed by atoms with van der Waals surface area (Å²) in [4.78, 5) is 13.4. The largest absolute Gasteiger partial charge is 0.352 e. The molecule has 78 valence electrons. The van der Waals surface area contributed by atoms with Crippen LogP contribution in [0.5, 0.6) is 0 Å². The predicted molar refractivity (Wildman–Crippen MR) is 52.3 cm³/mol. The van der Waals surface area contributed by atoms with Crippen LogP contribution in [-0.4, -0.2) is 12.5 Å². The zero-order chi connectivity index (χ0) is 11.1. The highest BCUT2D eigenvalue weighted by Gasteiger charge is 1.99. The van der Waals surface area contributed by atoms with E-state index in [1.54, 1.807) is 12.1 Å². The molecule has 0 saturated carbocycles. The number of hydrogen-bond acceptors (Lipinski definition) is 2. The van der Waals surface area contributed by atoms with Crippen LogP contribution in [0.15, 0.2) is 29.4 Å². The van der Waals surface area contributed by atoms with Crippen LogP contribution in [0, 0.1) is 5.82 Å². The van der Waals surface area contributed by atoms with Crippen molar-refractivity contribution in [3.05, 3.63) is 46.1 Å². The SMILES string of the molecule is [N-]=[N+]=NCC(=O)NCc1ccc(F)cc1. The maximum Gasteiger partial charge on any atom is 0.226 e. The van der Waals surface area contributed by atoms with Crippen molar-refractivity contribution in [3.8, 4) is 0 Å². The lowest BCUT2D eigenvalue weighted by Gasteiger charge is -2.02. The van der Waals surface area contributed by atoms with Crippen molar-refractivity contribution < 1.29 is 9.18 Å². The second-order valence-corrected chi connectivity index (χ2v) is 2.79. The standard InChI is InChI=1S/C9H9FN4O/c10-8-3-1-7(2-4-8)5-12-9(15)6-13-14-11/h1-4H,5-6H2,(H,12,15). The Bertz CT molecular complexity index is 384. The second-order valence-electron chi connectivity index (χ2n) is 2.79. The number of hydrogen-bond donors (Lipinski definition) is 1. The maximum atomic E-state index is 12.5. The molecule has 0 spiro atoms. The van der Waals surface area contributed by atoms with Gasteiger partial charge in [-0.15, -0.1) is 0 Å². The Balaban J connectivity index is 2.40. The molecule has 1 aromatic carbocycles. The summed E-state index contributed by atoms with van der Waals surface area (Å²) >= 11 is 0. The third kappa shape index (κ3) is 4.10. The summed E-state index contributed by atoms with van der Waals surface area (Å²) in [5, 5.41) is 5.63. The van der Waals surface area contributed by atoms with Crippen LogP contribution >= 0.6 is 0 Å². The fourth-order valence-corrected chi connectivity index (χ4v) is 0.955. The topological polar surface area (TPSA) is 77.9 Å². The summed E-state index contributed by atoms with van der Waals surface area (Å²) in [6.07, 6.45) is 0.